The van der Waals surface area contributed by atoms with Crippen molar-refractivity contribution in [3.63, 3.8) is 0 Å². The molecule has 0 atom stereocenters. The summed E-state index contributed by atoms with van der Waals surface area (Å²) in [5.41, 5.74) is 6.66. The Hall–Kier alpha value is -1.60. The minimum Gasteiger partial charge on any atom is -0.462 e. The van der Waals surface area contributed by atoms with Crippen LogP contribution < -0.4 is 11.1 Å². The molecule has 2 rings (SSSR count). The molecule has 0 bridgehead atoms. The second-order valence-corrected chi connectivity index (χ2v) is 6.17. The summed E-state index contributed by atoms with van der Waals surface area (Å²) in [5.74, 6) is -0.734. The molecule has 1 aromatic heterocycles. The number of ether oxygens (including phenoxy) is 1. The van der Waals surface area contributed by atoms with Crippen LogP contribution in [0.5, 0.6) is 0 Å². The minimum absolute atomic E-state index is 0.291. The van der Waals surface area contributed by atoms with Crippen LogP contribution in [0.1, 0.15) is 22.2 Å². The topological polar surface area (TPSA) is 64.3 Å². The van der Waals surface area contributed by atoms with Gasteiger partial charge in [-0.2, -0.15) is 0 Å². The molecule has 0 fully saturated rings. The summed E-state index contributed by atoms with van der Waals surface area (Å²) >= 11 is 4.49. The Morgan fingerprint density at radius 3 is 2.95 bits per heavy atom. The van der Waals surface area contributed by atoms with Crippen LogP contribution in [0.3, 0.4) is 0 Å². The first kappa shape index (κ1) is 15.8. The average molecular weight is 373 g/mol. The number of halogens is 2. The number of hydrogen-bond acceptors (Lipinski definition) is 5. The van der Waals surface area contributed by atoms with Crippen molar-refractivity contribution in [3.8, 4) is 0 Å². The Kier molecular flexibility index (Phi) is 5.19. The summed E-state index contributed by atoms with van der Waals surface area (Å²) < 4.78 is 19.4. The zero-order valence-corrected chi connectivity index (χ0v) is 13.7. The van der Waals surface area contributed by atoms with Gasteiger partial charge >= 0.3 is 5.97 Å². The van der Waals surface area contributed by atoms with E-state index in [-0.39, 0.29) is 5.82 Å². The molecule has 0 aliphatic rings. The molecule has 1 aromatic carbocycles. The lowest BCUT2D eigenvalue weighted by atomic mass is 10.2. The highest BCUT2D eigenvalue weighted by Crippen LogP contribution is 2.30. The summed E-state index contributed by atoms with van der Waals surface area (Å²) in [5, 5.41) is 3.75. The maximum Gasteiger partial charge on any atom is 0.350 e. The van der Waals surface area contributed by atoms with Gasteiger partial charge in [-0.25, -0.2) is 9.18 Å². The van der Waals surface area contributed by atoms with Gasteiger partial charge in [-0.05, 0) is 31.2 Å². The molecule has 0 unspecified atom stereocenters. The molecule has 0 amide bonds. The number of rotatable bonds is 5. The molecule has 1 heterocycles. The van der Waals surface area contributed by atoms with Gasteiger partial charge in [0.15, 0.2) is 0 Å². The van der Waals surface area contributed by atoms with Crippen LogP contribution in [-0.4, -0.2) is 12.6 Å². The summed E-state index contributed by atoms with van der Waals surface area (Å²) in [7, 11) is 0. The Bertz CT molecular complexity index is 660. The number of nitrogen functional groups attached to an aromatic ring is 1. The molecule has 4 nitrogen and oxygen atoms in total. The molecule has 0 radical (unpaired) electrons. The molecular formula is C14H14BrFN2O2S. The Morgan fingerprint density at radius 1 is 1.48 bits per heavy atom. The lowest BCUT2D eigenvalue weighted by Gasteiger charge is -2.05. The fourth-order valence-electron chi connectivity index (χ4n) is 1.71. The second-order valence-electron chi connectivity index (χ2n) is 4.20. The molecule has 112 valence electrons. The van der Waals surface area contributed by atoms with E-state index in [0.29, 0.717) is 34.3 Å². The molecule has 21 heavy (non-hydrogen) atoms. The molecule has 0 aliphatic heterocycles. The average Bonchev–Trinajstić information content (AvgIpc) is 2.81. The third kappa shape index (κ3) is 3.95. The van der Waals surface area contributed by atoms with Crippen LogP contribution in [-0.2, 0) is 11.3 Å². The Labute approximate surface area is 134 Å². The fraction of sp³-hybridized carbons (Fsp3) is 0.214. The number of carbonyl (C=O) groups is 1. The summed E-state index contributed by atoms with van der Waals surface area (Å²) in [4.78, 5) is 12.0. The van der Waals surface area contributed by atoms with Crippen molar-refractivity contribution < 1.29 is 13.9 Å². The summed E-state index contributed by atoms with van der Waals surface area (Å²) in [6.07, 6.45) is 0. The van der Waals surface area contributed by atoms with E-state index in [1.165, 1.54) is 17.4 Å². The summed E-state index contributed by atoms with van der Waals surface area (Å²) in [6, 6.07) is 6.38. The van der Waals surface area contributed by atoms with E-state index >= 15 is 0 Å². The van der Waals surface area contributed by atoms with Crippen LogP contribution in [0.25, 0.3) is 0 Å². The molecule has 3 N–H and O–H groups in total. The van der Waals surface area contributed by atoms with Gasteiger partial charge < -0.3 is 15.8 Å². The number of benzene rings is 1. The molecule has 0 spiro atoms. The van der Waals surface area contributed by atoms with Crippen molar-refractivity contribution >= 4 is 43.9 Å². The third-order valence-electron chi connectivity index (χ3n) is 2.68. The van der Waals surface area contributed by atoms with Crippen molar-refractivity contribution in [3.05, 3.63) is 45.0 Å². The first-order valence-corrected chi connectivity index (χ1v) is 7.86. The minimum atomic E-state index is -0.443. The molecular weight excluding hydrogens is 359 g/mol. The van der Waals surface area contributed by atoms with E-state index in [9.17, 15) is 9.18 Å². The lowest BCUT2D eigenvalue weighted by Crippen LogP contribution is -2.04. The highest BCUT2D eigenvalue weighted by Gasteiger charge is 2.15. The second kappa shape index (κ2) is 6.91. The van der Waals surface area contributed by atoms with E-state index in [1.54, 1.807) is 25.1 Å². The summed E-state index contributed by atoms with van der Waals surface area (Å²) in [6.45, 7) is 2.33. The van der Waals surface area contributed by atoms with Gasteiger partial charge in [-0.15, -0.1) is 11.3 Å². The van der Waals surface area contributed by atoms with Gasteiger partial charge in [0.25, 0.3) is 0 Å². The quantitative estimate of drug-likeness (QED) is 0.777. The van der Waals surface area contributed by atoms with E-state index < -0.39 is 5.97 Å². The van der Waals surface area contributed by atoms with Gasteiger partial charge in [-0.3, -0.25) is 0 Å². The predicted octanol–water partition coefficient (Wildman–Crippen LogP) is 4.02. The van der Waals surface area contributed by atoms with Crippen LogP contribution in [0, 0.1) is 5.82 Å². The Balaban J connectivity index is 2.09. The number of esters is 1. The van der Waals surface area contributed by atoms with Gasteiger partial charge in [-0.1, -0.05) is 15.9 Å². The maximum atomic E-state index is 13.6. The van der Waals surface area contributed by atoms with Crippen LogP contribution >= 0.6 is 27.3 Å². The molecule has 2 aromatic rings. The fourth-order valence-corrected chi connectivity index (χ4v) is 2.99. The number of thiophene rings is 1. The SMILES string of the molecule is CCOC(=O)c1sc(NCc2cc(Br)ccc2F)cc1N. The highest BCUT2D eigenvalue weighted by atomic mass is 79.9. The number of nitrogens with one attached hydrogen (secondary N) is 1. The Morgan fingerprint density at radius 2 is 2.24 bits per heavy atom. The number of nitrogens with two attached hydrogens (primary N) is 1. The van der Waals surface area contributed by atoms with Gasteiger partial charge in [0.05, 0.1) is 17.3 Å². The van der Waals surface area contributed by atoms with Crippen molar-refractivity contribution in [2.24, 2.45) is 0 Å². The van der Waals surface area contributed by atoms with Gasteiger partial charge in [0.2, 0.25) is 0 Å². The molecule has 0 saturated carbocycles. The van der Waals surface area contributed by atoms with E-state index in [0.717, 1.165) is 4.47 Å². The van der Waals surface area contributed by atoms with Crippen LogP contribution in [0.4, 0.5) is 15.1 Å². The normalized spacial score (nSPS) is 10.4. The largest absolute Gasteiger partial charge is 0.462 e. The van der Waals surface area contributed by atoms with Crippen molar-refractivity contribution in [1.29, 1.82) is 0 Å². The zero-order chi connectivity index (χ0) is 15.4. The first-order valence-electron chi connectivity index (χ1n) is 6.25. The number of carbonyl (C=O) groups excluding carboxylic acids is 1. The van der Waals surface area contributed by atoms with Crippen molar-refractivity contribution in [2.75, 3.05) is 17.7 Å². The maximum absolute atomic E-state index is 13.6. The van der Waals surface area contributed by atoms with Crippen LogP contribution in [0.2, 0.25) is 0 Å². The highest BCUT2D eigenvalue weighted by molar-refractivity contribution is 9.10. The third-order valence-corrected chi connectivity index (χ3v) is 4.26. The standard InChI is InChI=1S/C14H14BrFN2O2S/c1-2-20-14(19)13-11(17)6-12(21-13)18-7-8-5-9(15)3-4-10(8)16/h3-6,18H,2,7,17H2,1H3. The molecule has 7 heteroatoms. The monoisotopic (exact) mass is 372 g/mol. The first-order chi connectivity index (χ1) is 10.0. The lowest BCUT2D eigenvalue weighted by molar-refractivity contribution is 0.0533. The van der Waals surface area contributed by atoms with E-state index in [2.05, 4.69) is 21.2 Å². The molecule has 0 aliphatic carbocycles. The number of anilines is 2. The van der Waals surface area contributed by atoms with E-state index in [4.69, 9.17) is 10.5 Å². The zero-order valence-electron chi connectivity index (χ0n) is 11.3. The smallest absolute Gasteiger partial charge is 0.350 e. The van der Waals surface area contributed by atoms with Gasteiger partial charge in [0.1, 0.15) is 10.7 Å². The van der Waals surface area contributed by atoms with Crippen molar-refractivity contribution in [2.45, 2.75) is 13.5 Å². The molecule has 0 saturated heterocycles. The number of hydrogen-bond donors (Lipinski definition) is 2. The van der Waals surface area contributed by atoms with Crippen molar-refractivity contribution in [1.82, 2.24) is 0 Å². The predicted molar refractivity (Wildman–Crippen MR) is 86.1 cm³/mol. The van der Waals surface area contributed by atoms with Gasteiger partial charge in [0, 0.05) is 16.6 Å². The van der Waals surface area contributed by atoms with Crippen LogP contribution in [0.15, 0.2) is 28.7 Å². The van der Waals surface area contributed by atoms with E-state index in [1.807, 2.05) is 0 Å².